The maximum absolute atomic E-state index is 15.5. The van der Waals surface area contributed by atoms with Crippen LogP contribution in [0.5, 0.6) is 0 Å². The Labute approximate surface area is 347 Å². The first-order chi connectivity index (χ1) is 29.0. The van der Waals surface area contributed by atoms with Gasteiger partial charge in [0, 0.05) is 32.7 Å². The van der Waals surface area contributed by atoms with Crippen LogP contribution in [0.25, 0.3) is 60.3 Å². The zero-order valence-electron chi connectivity index (χ0n) is 31.9. The minimum atomic E-state index is -3.22. The molecule has 3 nitrogen and oxygen atoms in total. The van der Waals surface area contributed by atoms with Crippen LogP contribution in [0.4, 0.5) is 0 Å². The van der Waals surface area contributed by atoms with E-state index in [2.05, 4.69) is 150 Å². The molecule has 280 valence electrons. The number of fused-ring (bicyclic) bond motifs is 9. The van der Waals surface area contributed by atoms with Crippen LogP contribution < -0.4 is 31.8 Å². The van der Waals surface area contributed by atoms with E-state index < -0.39 is 13.2 Å². The highest BCUT2D eigenvalue weighted by molar-refractivity contribution is 8.25. The molecular formula is C53H36N2OP2S. The lowest BCUT2D eigenvalue weighted by Crippen LogP contribution is -2.24. The molecule has 11 aromatic rings. The highest BCUT2D eigenvalue weighted by atomic mass is 32.4. The number of nitrogens with zero attached hydrogens (tertiary/aromatic N) is 2. The number of hydrogen-bond acceptors (Lipinski definition) is 3. The molecule has 0 amide bonds. The third-order valence-corrected chi connectivity index (χ3v) is 19.7. The van der Waals surface area contributed by atoms with E-state index in [1.807, 2.05) is 72.8 Å². The van der Waals surface area contributed by atoms with E-state index in [1.54, 1.807) is 0 Å². The topological polar surface area (TPSA) is 34.4 Å². The van der Waals surface area contributed by atoms with Gasteiger partial charge in [-0.25, -0.2) is 4.98 Å². The van der Waals surface area contributed by atoms with Gasteiger partial charge < -0.3 is 4.57 Å². The Kier molecular flexibility index (Phi) is 8.57. The summed E-state index contributed by atoms with van der Waals surface area (Å²) in [4.78, 5) is 5.24. The maximum Gasteiger partial charge on any atom is 0.171 e. The Hall–Kier alpha value is -6.41. The summed E-state index contributed by atoms with van der Waals surface area (Å²) in [6, 6.07) is 73.5. The van der Waals surface area contributed by atoms with Crippen LogP contribution in [0.3, 0.4) is 0 Å². The fourth-order valence-corrected chi connectivity index (χ4v) is 15.2. The van der Waals surface area contributed by atoms with Crippen molar-refractivity contribution in [3.05, 3.63) is 218 Å². The minimum absolute atomic E-state index is 0.778. The standard InChI is InChI=1S/C53H36N2OP2S/c56-57(41-15-5-1-6-16-41,42-17-7-2-8-18-42)45-30-32-50-52(36-45)55-51-35-40(28-31-48(51)47-23-13-14-24-49(47)53(55)54-50)37-25-26-39-34-46(29-27-38(39)33-37)58(59,43-19-9-3-10-20-43)44-21-11-4-12-22-44/h1-36H. The summed E-state index contributed by atoms with van der Waals surface area (Å²) >= 11 is 6.68. The average Bonchev–Trinajstić information content (AvgIpc) is 3.71. The fraction of sp³-hybridized carbons (Fsp3) is 0. The Balaban J connectivity index is 1.09. The molecule has 0 unspecified atom stereocenters. The van der Waals surface area contributed by atoms with Gasteiger partial charge in [0.05, 0.1) is 16.6 Å². The highest BCUT2D eigenvalue weighted by Gasteiger charge is 2.31. The summed E-state index contributed by atoms with van der Waals surface area (Å²) in [5.74, 6) is 0. The van der Waals surface area contributed by atoms with Gasteiger partial charge in [-0.1, -0.05) is 194 Å². The number of pyridine rings is 1. The van der Waals surface area contributed by atoms with Crippen molar-refractivity contribution in [3.8, 4) is 11.1 Å². The Morgan fingerprint density at radius 1 is 0.390 bits per heavy atom. The largest absolute Gasteiger partial charge is 0.309 e. The van der Waals surface area contributed by atoms with Gasteiger partial charge in [-0.05, 0) is 79.6 Å². The van der Waals surface area contributed by atoms with Crippen molar-refractivity contribution >= 4 is 106 Å². The molecule has 0 aliphatic rings. The van der Waals surface area contributed by atoms with Crippen LogP contribution in [-0.2, 0) is 16.4 Å². The normalized spacial score (nSPS) is 12.2. The lowest BCUT2D eigenvalue weighted by Gasteiger charge is -2.24. The molecule has 0 N–H and O–H groups in total. The van der Waals surface area contributed by atoms with Gasteiger partial charge in [-0.15, -0.1) is 0 Å². The van der Waals surface area contributed by atoms with E-state index in [4.69, 9.17) is 16.8 Å². The number of imidazole rings is 1. The van der Waals surface area contributed by atoms with E-state index in [-0.39, 0.29) is 0 Å². The summed E-state index contributed by atoms with van der Waals surface area (Å²) in [5, 5.41) is 11.6. The molecule has 0 saturated heterocycles. The van der Waals surface area contributed by atoms with Crippen LogP contribution in [0, 0.1) is 0 Å². The summed E-state index contributed by atoms with van der Waals surface area (Å²) in [6.45, 7) is 0. The van der Waals surface area contributed by atoms with Crippen molar-refractivity contribution in [1.82, 2.24) is 9.38 Å². The predicted octanol–water partition coefficient (Wildman–Crippen LogP) is 11.0. The average molecular weight is 811 g/mol. The van der Waals surface area contributed by atoms with E-state index in [0.29, 0.717) is 0 Å². The Morgan fingerprint density at radius 2 is 0.898 bits per heavy atom. The number of benzene rings is 9. The second-order valence-electron chi connectivity index (χ2n) is 15.0. The van der Waals surface area contributed by atoms with Crippen LogP contribution in [-0.4, -0.2) is 9.38 Å². The number of rotatable bonds is 7. The van der Waals surface area contributed by atoms with Gasteiger partial charge in [-0.3, -0.25) is 4.40 Å². The van der Waals surface area contributed by atoms with Crippen LogP contribution in [0.2, 0.25) is 0 Å². The summed E-state index contributed by atoms with van der Waals surface area (Å²) in [6.07, 6.45) is 0. The van der Waals surface area contributed by atoms with Crippen molar-refractivity contribution in [1.29, 1.82) is 0 Å². The molecule has 59 heavy (non-hydrogen) atoms. The SMILES string of the molecule is O=P(c1ccccc1)(c1ccccc1)c1ccc2nc3c4ccccc4c4ccc(-c5ccc6cc(P(=S)(c7ccccc7)c7ccccc7)ccc6c5)cc4n3c2c1. The molecule has 2 heterocycles. The van der Waals surface area contributed by atoms with Crippen LogP contribution >= 0.6 is 13.2 Å². The molecule has 0 radical (unpaired) electrons. The van der Waals surface area contributed by atoms with Crippen molar-refractivity contribution in [3.63, 3.8) is 0 Å². The lowest BCUT2D eigenvalue weighted by molar-refractivity contribution is 0.592. The molecule has 0 spiro atoms. The molecule has 9 aromatic carbocycles. The smallest absolute Gasteiger partial charge is 0.171 e. The van der Waals surface area contributed by atoms with Crippen molar-refractivity contribution in [2.75, 3.05) is 0 Å². The first-order valence-corrected chi connectivity index (χ1v) is 24.3. The van der Waals surface area contributed by atoms with Gasteiger partial charge in [0.1, 0.15) is 5.65 Å². The monoisotopic (exact) mass is 810 g/mol. The van der Waals surface area contributed by atoms with E-state index >= 15 is 4.57 Å². The Bertz CT molecular complexity index is 3410. The third kappa shape index (κ3) is 5.75. The molecule has 0 bridgehead atoms. The molecule has 2 aromatic heterocycles. The van der Waals surface area contributed by atoms with Gasteiger partial charge in [0.15, 0.2) is 7.14 Å². The third-order valence-electron chi connectivity index (χ3n) is 11.7. The maximum atomic E-state index is 15.5. The molecule has 0 aliphatic carbocycles. The minimum Gasteiger partial charge on any atom is -0.309 e. The number of aromatic nitrogens is 2. The molecule has 0 saturated carbocycles. The quantitative estimate of drug-likeness (QED) is 0.119. The molecule has 11 rings (SSSR count). The van der Waals surface area contributed by atoms with Gasteiger partial charge >= 0.3 is 0 Å². The Morgan fingerprint density at radius 3 is 1.54 bits per heavy atom. The summed E-state index contributed by atoms with van der Waals surface area (Å²) in [5.41, 5.74) is 5.95. The summed E-state index contributed by atoms with van der Waals surface area (Å²) < 4.78 is 17.8. The first-order valence-electron chi connectivity index (χ1n) is 19.7. The van der Waals surface area contributed by atoms with Crippen molar-refractivity contribution < 1.29 is 4.57 Å². The van der Waals surface area contributed by atoms with Crippen molar-refractivity contribution in [2.24, 2.45) is 0 Å². The van der Waals surface area contributed by atoms with E-state index in [0.717, 1.165) is 76.2 Å². The second kappa shape index (κ2) is 14.2. The molecule has 0 fully saturated rings. The van der Waals surface area contributed by atoms with Gasteiger partial charge in [0.25, 0.3) is 0 Å². The zero-order valence-corrected chi connectivity index (χ0v) is 34.5. The molecule has 0 atom stereocenters. The predicted molar refractivity (Wildman–Crippen MR) is 256 cm³/mol. The van der Waals surface area contributed by atoms with Crippen molar-refractivity contribution in [2.45, 2.75) is 0 Å². The zero-order chi connectivity index (χ0) is 39.6. The first kappa shape index (κ1) is 35.7. The fourth-order valence-electron chi connectivity index (χ4n) is 8.78. The van der Waals surface area contributed by atoms with Gasteiger partial charge in [0.2, 0.25) is 0 Å². The van der Waals surface area contributed by atoms with E-state index in [1.165, 1.54) is 15.9 Å². The molecule has 0 aliphatic heterocycles. The number of hydrogen-bond donors (Lipinski definition) is 0. The van der Waals surface area contributed by atoms with Crippen LogP contribution in [0.15, 0.2) is 218 Å². The second-order valence-corrected chi connectivity index (χ2v) is 22.2. The molecular weight excluding hydrogens is 775 g/mol. The lowest BCUT2D eigenvalue weighted by atomic mass is 9.98. The highest BCUT2D eigenvalue weighted by Crippen LogP contribution is 2.45. The van der Waals surface area contributed by atoms with E-state index in [9.17, 15) is 0 Å². The van der Waals surface area contributed by atoms with Gasteiger partial charge in [-0.2, -0.15) is 0 Å². The van der Waals surface area contributed by atoms with Crippen LogP contribution in [0.1, 0.15) is 0 Å². The summed E-state index contributed by atoms with van der Waals surface area (Å²) in [7, 11) is -3.22. The molecule has 6 heteroatoms.